The highest BCUT2D eigenvalue weighted by Crippen LogP contribution is 2.25. The fourth-order valence-corrected chi connectivity index (χ4v) is 3.03. The van der Waals surface area contributed by atoms with E-state index in [0.29, 0.717) is 11.3 Å². The largest absolute Gasteiger partial charge is 0.483 e. The molecule has 0 aliphatic carbocycles. The maximum Gasteiger partial charge on any atom is 0.203 e. The Balaban J connectivity index is 1.80. The third-order valence-corrected chi connectivity index (χ3v) is 4.74. The number of hydrogen-bond acceptors (Lipinski definition) is 2. The van der Waals surface area contributed by atoms with E-state index >= 15 is 0 Å². The normalized spacial score (nSPS) is 12.2. The Kier molecular flexibility index (Phi) is 4.72. The van der Waals surface area contributed by atoms with Gasteiger partial charge in [0.05, 0.1) is 0 Å². The molecule has 0 fully saturated rings. The lowest BCUT2D eigenvalue weighted by atomic mass is 10.0. The smallest absolute Gasteiger partial charge is 0.203 e. The van der Waals surface area contributed by atoms with Gasteiger partial charge in [-0.1, -0.05) is 40.2 Å². The summed E-state index contributed by atoms with van der Waals surface area (Å²) in [5, 5.41) is 2.21. The molecular formula is C21H19BrO2. The van der Waals surface area contributed by atoms with Crippen molar-refractivity contribution in [1.29, 1.82) is 0 Å². The van der Waals surface area contributed by atoms with Gasteiger partial charge in [-0.15, -0.1) is 0 Å². The molecule has 3 rings (SSSR count). The van der Waals surface area contributed by atoms with Crippen LogP contribution in [0.25, 0.3) is 10.8 Å². The highest BCUT2D eigenvalue weighted by molar-refractivity contribution is 9.10. The fourth-order valence-electron chi connectivity index (χ4n) is 2.66. The van der Waals surface area contributed by atoms with Crippen LogP contribution < -0.4 is 4.74 Å². The molecule has 0 heterocycles. The van der Waals surface area contributed by atoms with Gasteiger partial charge in [0.15, 0.2) is 6.10 Å². The summed E-state index contributed by atoms with van der Waals surface area (Å²) in [6.45, 7) is 5.85. The summed E-state index contributed by atoms with van der Waals surface area (Å²) < 4.78 is 6.92. The molecule has 0 bridgehead atoms. The Hall–Kier alpha value is -2.13. The van der Waals surface area contributed by atoms with Gasteiger partial charge in [0.1, 0.15) is 5.75 Å². The maximum absolute atomic E-state index is 12.6. The van der Waals surface area contributed by atoms with Crippen LogP contribution in [-0.4, -0.2) is 11.9 Å². The molecule has 0 saturated carbocycles. The van der Waals surface area contributed by atoms with Crippen molar-refractivity contribution in [2.75, 3.05) is 0 Å². The first-order valence-electron chi connectivity index (χ1n) is 7.91. The van der Waals surface area contributed by atoms with Crippen molar-refractivity contribution in [2.24, 2.45) is 0 Å². The van der Waals surface area contributed by atoms with E-state index in [1.165, 1.54) is 5.56 Å². The van der Waals surface area contributed by atoms with Crippen LogP contribution in [0.2, 0.25) is 0 Å². The minimum Gasteiger partial charge on any atom is -0.483 e. The second kappa shape index (κ2) is 6.78. The highest BCUT2D eigenvalue weighted by atomic mass is 79.9. The Labute approximate surface area is 150 Å². The highest BCUT2D eigenvalue weighted by Gasteiger charge is 2.17. The van der Waals surface area contributed by atoms with E-state index in [9.17, 15) is 4.79 Å². The van der Waals surface area contributed by atoms with E-state index < -0.39 is 6.10 Å². The average Bonchev–Trinajstić information content (AvgIpc) is 2.56. The molecule has 2 nitrogen and oxygen atoms in total. The molecular weight excluding hydrogens is 364 g/mol. The average molecular weight is 383 g/mol. The second-order valence-electron chi connectivity index (χ2n) is 6.08. The molecule has 0 amide bonds. The minimum absolute atomic E-state index is 0.00555. The molecule has 0 saturated heterocycles. The molecule has 0 aromatic heterocycles. The summed E-state index contributed by atoms with van der Waals surface area (Å²) in [5.41, 5.74) is 2.99. The molecule has 122 valence electrons. The first-order valence-corrected chi connectivity index (χ1v) is 8.71. The van der Waals surface area contributed by atoms with Crippen LogP contribution in [0.1, 0.15) is 28.4 Å². The van der Waals surface area contributed by atoms with Crippen molar-refractivity contribution in [3.8, 4) is 5.75 Å². The number of ether oxygens (including phenoxy) is 1. The Morgan fingerprint density at radius 3 is 2.38 bits per heavy atom. The van der Waals surface area contributed by atoms with Crippen LogP contribution in [-0.2, 0) is 0 Å². The van der Waals surface area contributed by atoms with Crippen LogP contribution in [0.5, 0.6) is 5.75 Å². The second-order valence-corrected chi connectivity index (χ2v) is 6.99. The summed E-state index contributed by atoms with van der Waals surface area (Å²) in [6, 6.07) is 17.7. The number of carbonyl (C=O) groups excluding carboxylic acids is 1. The van der Waals surface area contributed by atoms with E-state index in [4.69, 9.17) is 4.74 Å². The predicted octanol–water partition coefficient (Wildman–Crippen LogP) is 5.87. The number of ketones is 1. The molecule has 0 aliphatic rings. The SMILES string of the molecule is Cc1ccc(C(=O)[C@H](C)Oc2ccc3cc(Br)ccc3c2)cc1C. The van der Waals surface area contributed by atoms with Gasteiger partial charge >= 0.3 is 0 Å². The molecule has 0 radical (unpaired) electrons. The van der Waals surface area contributed by atoms with Crippen molar-refractivity contribution in [1.82, 2.24) is 0 Å². The predicted molar refractivity (Wildman–Crippen MR) is 102 cm³/mol. The molecule has 24 heavy (non-hydrogen) atoms. The summed E-state index contributed by atoms with van der Waals surface area (Å²) in [6.07, 6.45) is -0.528. The number of rotatable bonds is 4. The first kappa shape index (κ1) is 16.7. The van der Waals surface area contributed by atoms with E-state index in [1.807, 2.05) is 62.4 Å². The lowest BCUT2D eigenvalue weighted by molar-refractivity contribution is 0.0818. The summed E-state index contributed by atoms with van der Waals surface area (Å²) >= 11 is 3.47. The standard InChI is InChI=1S/C21H19BrO2/c1-13-4-5-18(10-14(13)2)21(23)15(3)24-20-9-7-16-11-19(22)8-6-17(16)12-20/h4-12,15H,1-3H3/t15-/m0/s1. The van der Waals surface area contributed by atoms with E-state index in [2.05, 4.69) is 22.0 Å². The van der Waals surface area contributed by atoms with Gasteiger partial charge in [0.2, 0.25) is 5.78 Å². The van der Waals surface area contributed by atoms with Gasteiger partial charge in [-0.3, -0.25) is 4.79 Å². The third kappa shape index (κ3) is 3.51. The minimum atomic E-state index is -0.528. The maximum atomic E-state index is 12.6. The zero-order chi connectivity index (χ0) is 17.3. The lowest BCUT2D eigenvalue weighted by Gasteiger charge is -2.15. The Bertz CT molecular complexity index is 915. The number of carbonyl (C=O) groups is 1. The number of benzene rings is 3. The van der Waals surface area contributed by atoms with Gasteiger partial charge in [0, 0.05) is 10.0 Å². The third-order valence-electron chi connectivity index (χ3n) is 4.25. The van der Waals surface area contributed by atoms with Crippen molar-refractivity contribution < 1.29 is 9.53 Å². The van der Waals surface area contributed by atoms with Gasteiger partial charge in [-0.05, 0) is 73.0 Å². The number of fused-ring (bicyclic) bond motifs is 1. The van der Waals surface area contributed by atoms with Crippen LogP contribution in [0.15, 0.2) is 59.1 Å². The van der Waals surface area contributed by atoms with Crippen molar-refractivity contribution in [2.45, 2.75) is 26.9 Å². The lowest BCUT2D eigenvalue weighted by Crippen LogP contribution is -2.24. The molecule has 0 unspecified atom stereocenters. The van der Waals surface area contributed by atoms with Crippen LogP contribution >= 0.6 is 15.9 Å². The molecule has 0 N–H and O–H groups in total. The molecule has 0 spiro atoms. The first-order chi connectivity index (χ1) is 11.4. The zero-order valence-corrected chi connectivity index (χ0v) is 15.6. The molecule has 1 atom stereocenters. The number of Topliss-reactive ketones (excluding diaryl/α,β-unsaturated/α-hetero) is 1. The quantitative estimate of drug-likeness (QED) is 0.527. The topological polar surface area (TPSA) is 26.3 Å². The van der Waals surface area contributed by atoms with E-state index in [1.54, 1.807) is 6.92 Å². The Morgan fingerprint density at radius 2 is 1.62 bits per heavy atom. The number of halogens is 1. The summed E-state index contributed by atoms with van der Waals surface area (Å²) in [5.74, 6) is 0.698. The molecule has 0 aliphatic heterocycles. The van der Waals surface area contributed by atoms with Crippen molar-refractivity contribution in [3.63, 3.8) is 0 Å². The summed E-state index contributed by atoms with van der Waals surface area (Å²) in [7, 11) is 0. The summed E-state index contributed by atoms with van der Waals surface area (Å²) in [4.78, 5) is 12.6. The van der Waals surface area contributed by atoms with Crippen LogP contribution in [0.4, 0.5) is 0 Å². The molecule has 3 aromatic carbocycles. The van der Waals surface area contributed by atoms with Gasteiger partial charge in [0.25, 0.3) is 0 Å². The number of hydrogen-bond donors (Lipinski definition) is 0. The van der Waals surface area contributed by atoms with Crippen LogP contribution in [0, 0.1) is 13.8 Å². The van der Waals surface area contributed by atoms with Crippen molar-refractivity contribution in [3.05, 3.63) is 75.8 Å². The van der Waals surface area contributed by atoms with Gasteiger partial charge in [-0.2, -0.15) is 0 Å². The zero-order valence-electron chi connectivity index (χ0n) is 14.0. The van der Waals surface area contributed by atoms with E-state index in [-0.39, 0.29) is 5.78 Å². The van der Waals surface area contributed by atoms with Gasteiger partial charge < -0.3 is 4.74 Å². The Morgan fingerprint density at radius 1 is 0.917 bits per heavy atom. The molecule has 3 heteroatoms. The van der Waals surface area contributed by atoms with Crippen molar-refractivity contribution >= 4 is 32.5 Å². The van der Waals surface area contributed by atoms with E-state index in [0.717, 1.165) is 20.8 Å². The molecule has 3 aromatic rings. The number of aryl methyl sites for hydroxylation is 2. The monoisotopic (exact) mass is 382 g/mol. The van der Waals surface area contributed by atoms with Gasteiger partial charge in [-0.25, -0.2) is 0 Å². The van der Waals surface area contributed by atoms with Crippen LogP contribution in [0.3, 0.4) is 0 Å². The fraction of sp³-hybridized carbons (Fsp3) is 0.190.